The Hall–Kier alpha value is -2.76. The van der Waals surface area contributed by atoms with Gasteiger partial charge in [0, 0.05) is 25.2 Å². The molecule has 0 saturated carbocycles. The van der Waals surface area contributed by atoms with E-state index in [1.807, 2.05) is 6.07 Å². The van der Waals surface area contributed by atoms with Crippen LogP contribution in [0.15, 0.2) is 35.1 Å². The average Bonchev–Trinajstić information content (AvgIpc) is 2.44. The Morgan fingerprint density at radius 3 is 2.71 bits per heavy atom. The summed E-state index contributed by atoms with van der Waals surface area (Å²) in [6.07, 6.45) is 0.691. The van der Waals surface area contributed by atoms with Gasteiger partial charge in [-0.05, 0) is 29.7 Å². The summed E-state index contributed by atoms with van der Waals surface area (Å²) in [5.74, 6) is -0.483. The second-order valence-corrected chi connectivity index (χ2v) is 5.05. The van der Waals surface area contributed by atoms with Crippen LogP contribution in [0.1, 0.15) is 21.5 Å². The summed E-state index contributed by atoms with van der Waals surface area (Å²) in [5, 5.41) is 18.9. The normalized spacial score (nSPS) is 13.8. The van der Waals surface area contributed by atoms with Crippen LogP contribution in [-0.4, -0.2) is 32.5 Å². The van der Waals surface area contributed by atoms with Crippen LogP contribution in [0.5, 0.6) is 11.6 Å². The Labute approximate surface area is 120 Å². The molecule has 0 bridgehead atoms. The third-order valence-corrected chi connectivity index (χ3v) is 3.57. The molecule has 0 unspecified atom stereocenters. The standard InChI is InChI=1S/C15H14N2O4/c18-12-2-1-9-3-4-17(8-11(9)5-12)15(21)10-6-13(19)16-14(20)7-10/h1-2,5-7,18H,3-4,8H2,(H2,16,19,20). The van der Waals surface area contributed by atoms with Crippen molar-refractivity contribution in [3.63, 3.8) is 0 Å². The third-order valence-electron chi connectivity index (χ3n) is 3.57. The minimum Gasteiger partial charge on any atom is -0.508 e. The number of hydrogen-bond acceptors (Lipinski definition) is 4. The number of aromatic nitrogens is 1. The molecule has 3 N–H and O–H groups in total. The summed E-state index contributed by atoms with van der Waals surface area (Å²) in [6, 6.07) is 7.53. The van der Waals surface area contributed by atoms with E-state index in [0.29, 0.717) is 19.5 Å². The van der Waals surface area contributed by atoms with E-state index in [4.69, 9.17) is 0 Å². The molecule has 3 rings (SSSR count). The molecule has 0 fully saturated rings. The first-order valence-corrected chi connectivity index (χ1v) is 6.56. The first-order valence-electron chi connectivity index (χ1n) is 6.56. The molecule has 1 aliphatic rings. The summed E-state index contributed by atoms with van der Waals surface area (Å²) >= 11 is 0. The van der Waals surface area contributed by atoms with E-state index in [2.05, 4.69) is 4.98 Å². The highest BCUT2D eigenvalue weighted by molar-refractivity contribution is 5.94. The molecule has 0 aliphatic carbocycles. The Morgan fingerprint density at radius 2 is 1.95 bits per heavy atom. The number of hydrogen-bond donors (Lipinski definition) is 3. The Bertz CT molecular complexity index is 767. The fourth-order valence-corrected chi connectivity index (χ4v) is 2.55. The van der Waals surface area contributed by atoms with Crippen molar-refractivity contribution in [2.45, 2.75) is 13.0 Å². The predicted octanol–water partition coefficient (Wildman–Crippen LogP) is 0.985. The van der Waals surface area contributed by atoms with Gasteiger partial charge < -0.3 is 15.1 Å². The van der Waals surface area contributed by atoms with Crippen LogP contribution in [0, 0.1) is 0 Å². The molecular formula is C15H14N2O4. The summed E-state index contributed by atoms with van der Waals surface area (Å²) in [6.45, 7) is 0.903. The van der Waals surface area contributed by atoms with Crippen molar-refractivity contribution >= 4 is 5.91 Å². The first-order chi connectivity index (χ1) is 10.0. The third kappa shape index (κ3) is 2.60. The summed E-state index contributed by atoms with van der Waals surface area (Å²) in [4.78, 5) is 27.5. The number of rotatable bonds is 1. The number of phenolic OH excluding ortho intramolecular Hbond substituents is 1. The SMILES string of the molecule is O=C(c1cc(O)[nH]c(=O)c1)N1CCc2ccc(O)cc2C1. The van der Waals surface area contributed by atoms with E-state index >= 15 is 0 Å². The molecule has 1 aliphatic heterocycles. The molecule has 6 nitrogen and oxygen atoms in total. The zero-order valence-electron chi connectivity index (χ0n) is 11.2. The van der Waals surface area contributed by atoms with Gasteiger partial charge in [-0.2, -0.15) is 0 Å². The van der Waals surface area contributed by atoms with Gasteiger partial charge in [-0.15, -0.1) is 0 Å². The molecule has 108 valence electrons. The number of benzene rings is 1. The van der Waals surface area contributed by atoms with E-state index in [-0.39, 0.29) is 23.1 Å². The molecular weight excluding hydrogens is 272 g/mol. The maximum atomic E-state index is 12.4. The van der Waals surface area contributed by atoms with Crippen LogP contribution in [0.25, 0.3) is 0 Å². The quantitative estimate of drug-likeness (QED) is 0.728. The number of aromatic hydroxyl groups is 2. The number of carbonyl (C=O) groups excluding carboxylic acids is 1. The Morgan fingerprint density at radius 1 is 1.14 bits per heavy atom. The number of aromatic amines is 1. The van der Waals surface area contributed by atoms with Crippen molar-refractivity contribution in [1.82, 2.24) is 9.88 Å². The number of H-pyrrole nitrogens is 1. The lowest BCUT2D eigenvalue weighted by atomic mass is 9.99. The van der Waals surface area contributed by atoms with Crippen molar-refractivity contribution in [3.05, 3.63) is 57.4 Å². The number of carbonyl (C=O) groups is 1. The van der Waals surface area contributed by atoms with Crippen molar-refractivity contribution in [2.24, 2.45) is 0 Å². The number of fused-ring (bicyclic) bond motifs is 1. The van der Waals surface area contributed by atoms with Crippen LogP contribution < -0.4 is 5.56 Å². The molecule has 1 aromatic heterocycles. The number of nitrogens with one attached hydrogen (secondary N) is 1. The zero-order valence-corrected chi connectivity index (χ0v) is 11.2. The monoisotopic (exact) mass is 286 g/mol. The molecule has 2 aromatic rings. The number of pyridine rings is 1. The average molecular weight is 286 g/mol. The largest absolute Gasteiger partial charge is 0.508 e. The van der Waals surface area contributed by atoms with Gasteiger partial charge in [0.1, 0.15) is 5.75 Å². The Balaban J connectivity index is 1.88. The van der Waals surface area contributed by atoms with Gasteiger partial charge in [-0.25, -0.2) is 0 Å². The smallest absolute Gasteiger partial charge is 0.254 e. The van der Waals surface area contributed by atoms with Crippen molar-refractivity contribution in [3.8, 4) is 11.6 Å². The molecule has 0 spiro atoms. The van der Waals surface area contributed by atoms with Crippen LogP contribution in [0.3, 0.4) is 0 Å². The lowest BCUT2D eigenvalue weighted by Crippen LogP contribution is -2.36. The molecule has 1 amide bonds. The van der Waals surface area contributed by atoms with Crippen molar-refractivity contribution in [2.75, 3.05) is 6.54 Å². The molecule has 0 atom stereocenters. The summed E-state index contributed by atoms with van der Waals surface area (Å²) in [5.41, 5.74) is 1.63. The van der Waals surface area contributed by atoms with Crippen molar-refractivity contribution < 1.29 is 15.0 Å². The van der Waals surface area contributed by atoms with Crippen molar-refractivity contribution in [1.29, 1.82) is 0 Å². The van der Waals surface area contributed by atoms with Crippen LogP contribution in [-0.2, 0) is 13.0 Å². The highest BCUT2D eigenvalue weighted by Gasteiger charge is 2.22. The van der Waals surface area contributed by atoms with E-state index in [1.54, 1.807) is 17.0 Å². The van der Waals surface area contributed by atoms with Gasteiger partial charge in [0.15, 0.2) is 5.88 Å². The zero-order chi connectivity index (χ0) is 15.0. The van der Waals surface area contributed by atoms with Gasteiger partial charge in [-0.3, -0.25) is 14.6 Å². The molecule has 2 heterocycles. The van der Waals surface area contributed by atoms with E-state index in [9.17, 15) is 19.8 Å². The predicted molar refractivity (Wildman–Crippen MR) is 75.3 cm³/mol. The number of amides is 1. The van der Waals surface area contributed by atoms with Gasteiger partial charge in [-0.1, -0.05) is 6.07 Å². The summed E-state index contributed by atoms with van der Waals surface area (Å²) < 4.78 is 0. The van der Waals surface area contributed by atoms with Gasteiger partial charge in [0.05, 0.1) is 5.56 Å². The molecule has 21 heavy (non-hydrogen) atoms. The highest BCUT2D eigenvalue weighted by atomic mass is 16.3. The lowest BCUT2D eigenvalue weighted by molar-refractivity contribution is 0.0733. The number of nitrogens with zero attached hydrogens (tertiary/aromatic N) is 1. The minimum absolute atomic E-state index is 0.153. The van der Waals surface area contributed by atoms with Crippen LogP contribution in [0.4, 0.5) is 0 Å². The highest BCUT2D eigenvalue weighted by Crippen LogP contribution is 2.24. The van der Waals surface area contributed by atoms with Crippen LogP contribution >= 0.6 is 0 Å². The molecule has 6 heteroatoms. The van der Waals surface area contributed by atoms with Gasteiger partial charge in [0.25, 0.3) is 11.5 Å². The van der Waals surface area contributed by atoms with E-state index < -0.39 is 5.56 Å². The summed E-state index contributed by atoms with van der Waals surface area (Å²) in [7, 11) is 0. The van der Waals surface area contributed by atoms with Gasteiger partial charge in [0.2, 0.25) is 0 Å². The van der Waals surface area contributed by atoms with Gasteiger partial charge >= 0.3 is 0 Å². The molecule has 0 radical (unpaired) electrons. The van der Waals surface area contributed by atoms with Crippen LogP contribution in [0.2, 0.25) is 0 Å². The number of phenols is 1. The lowest BCUT2D eigenvalue weighted by Gasteiger charge is -2.29. The second-order valence-electron chi connectivity index (χ2n) is 5.05. The topological polar surface area (TPSA) is 93.6 Å². The minimum atomic E-state index is -0.520. The second kappa shape index (κ2) is 4.97. The molecule has 1 aromatic carbocycles. The molecule has 0 saturated heterocycles. The van der Waals surface area contributed by atoms with E-state index in [1.165, 1.54) is 12.1 Å². The fraction of sp³-hybridized carbons (Fsp3) is 0.200. The maximum Gasteiger partial charge on any atom is 0.254 e. The Kier molecular flexibility index (Phi) is 3.13. The fourth-order valence-electron chi connectivity index (χ4n) is 2.55. The maximum absolute atomic E-state index is 12.4. The first kappa shape index (κ1) is 13.2. The van der Waals surface area contributed by atoms with E-state index in [0.717, 1.165) is 11.1 Å².